The van der Waals surface area contributed by atoms with Crippen molar-refractivity contribution in [2.45, 2.75) is 0 Å². The summed E-state index contributed by atoms with van der Waals surface area (Å²) in [4.78, 5) is 0. The van der Waals surface area contributed by atoms with Crippen LogP contribution in [0.15, 0.2) is 115 Å². The Kier molecular flexibility index (Phi) is 12.2. The van der Waals surface area contributed by atoms with Crippen molar-refractivity contribution in [1.29, 1.82) is 0 Å². The first-order valence-corrected chi connectivity index (χ1v) is 12.8. The normalized spacial score (nSPS) is 8.82. The molecule has 5 aromatic rings. The van der Waals surface area contributed by atoms with Gasteiger partial charge in [-0.05, 0) is 0 Å². The van der Waals surface area contributed by atoms with Crippen LogP contribution >= 0.6 is 12.4 Å². The molecule has 140 valence electrons. The Bertz CT molecular complexity index is 907. The van der Waals surface area contributed by atoms with Crippen LogP contribution in [0.1, 0.15) is 5.56 Å². The molecule has 0 unspecified atom stereocenters. The predicted octanol–water partition coefficient (Wildman–Crippen LogP) is 7.02. The van der Waals surface area contributed by atoms with Crippen LogP contribution in [0.2, 0.25) is 0 Å². The number of hydrogen-bond donors (Lipinski definition) is 0. The maximum atomic E-state index is 3.72. The van der Waals surface area contributed by atoms with Gasteiger partial charge < -0.3 is 0 Å². The molecule has 0 nitrogen and oxygen atoms in total. The summed E-state index contributed by atoms with van der Waals surface area (Å²) in [7, 11) is 0. The molecule has 0 N–H and O–H groups in total. The number of halogens is 1. The number of hydrogen-bond acceptors (Lipinski definition) is 0. The monoisotopic (exact) mass is 475 g/mol. The summed E-state index contributed by atoms with van der Waals surface area (Å²) < 4.78 is 0. The Morgan fingerprint density at radius 1 is 0.571 bits per heavy atom. The maximum absolute atomic E-state index is 3.72. The third-order valence-electron chi connectivity index (χ3n) is 3.94. The second-order valence-corrected chi connectivity index (χ2v) is 5.79. The molecule has 0 aliphatic heterocycles. The van der Waals surface area contributed by atoms with Crippen LogP contribution in [0.3, 0.4) is 0 Å². The summed E-state index contributed by atoms with van der Waals surface area (Å²) in [5, 5.41) is 5.32. The van der Waals surface area contributed by atoms with Gasteiger partial charge in [-0.3, -0.25) is 0 Å². The quantitative estimate of drug-likeness (QED) is 0.166. The summed E-state index contributed by atoms with van der Waals surface area (Å²) in [6, 6.07) is 39.2. The fourth-order valence-corrected chi connectivity index (χ4v) is 2.62. The number of benzene rings is 3. The van der Waals surface area contributed by atoms with Gasteiger partial charge in [0.2, 0.25) is 0 Å². The van der Waals surface area contributed by atoms with E-state index in [1.807, 2.05) is 30.3 Å². The molecular weight excluding hydrogens is 455 g/mol. The van der Waals surface area contributed by atoms with Gasteiger partial charge in [0.25, 0.3) is 0 Å². The molecule has 0 bridgehead atoms. The van der Waals surface area contributed by atoms with Crippen molar-refractivity contribution in [2.24, 2.45) is 0 Å². The molecule has 5 rings (SSSR count). The summed E-state index contributed by atoms with van der Waals surface area (Å²) in [6.45, 7) is 6.78. The fraction of sp³-hybridized carbons (Fsp3) is 0. The fourth-order valence-electron chi connectivity index (χ4n) is 2.62. The molecule has 2 radical (unpaired) electrons. The van der Waals surface area contributed by atoms with E-state index in [1.165, 1.54) is 44.9 Å². The van der Waals surface area contributed by atoms with Gasteiger partial charge in [0.15, 0.2) is 0 Å². The van der Waals surface area contributed by atoms with E-state index in [9.17, 15) is 0 Å². The van der Waals surface area contributed by atoms with Gasteiger partial charge in [-0.25, -0.2) is 0 Å². The van der Waals surface area contributed by atoms with Crippen LogP contribution in [0.25, 0.3) is 21.5 Å². The van der Waals surface area contributed by atoms with E-state index in [-0.39, 0.29) is 12.4 Å². The van der Waals surface area contributed by atoms with Gasteiger partial charge in [0, 0.05) is 0 Å². The zero-order valence-electron chi connectivity index (χ0n) is 15.6. The van der Waals surface area contributed by atoms with Gasteiger partial charge in [0.1, 0.15) is 0 Å². The van der Waals surface area contributed by atoms with Gasteiger partial charge >= 0.3 is 30.2 Å². The Balaban J connectivity index is 0.000000199. The van der Waals surface area contributed by atoms with Crippen LogP contribution in [0.4, 0.5) is 0 Å². The van der Waals surface area contributed by atoms with Gasteiger partial charge in [-0.2, -0.15) is 59.7 Å². The Morgan fingerprint density at radius 3 is 1.32 bits per heavy atom. The molecule has 0 fully saturated rings. The number of rotatable bonds is 0. The summed E-state index contributed by atoms with van der Waals surface area (Å²) in [6.07, 6.45) is 0. The van der Waals surface area contributed by atoms with Crippen molar-refractivity contribution in [3.05, 3.63) is 128 Å². The van der Waals surface area contributed by atoms with E-state index >= 15 is 0 Å². The molecular formula is C25H22ClSiZr-3. The molecule has 0 saturated heterocycles. The summed E-state index contributed by atoms with van der Waals surface area (Å²) in [5.41, 5.74) is 1.07. The third kappa shape index (κ3) is 8.02. The van der Waals surface area contributed by atoms with Crippen molar-refractivity contribution in [2.75, 3.05) is 0 Å². The number of fused-ring (bicyclic) bond motifs is 2. The van der Waals surface area contributed by atoms with Gasteiger partial charge in [0.05, 0.1) is 0 Å². The zero-order chi connectivity index (χ0) is 19.3. The van der Waals surface area contributed by atoms with E-state index in [0.29, 0.717) is 0 Å². The summed E-state index contributed by atoms with van der Waals surface area (Å²) in [5.74, 6) is 0. The van der Waals surface area contributed by atoms with Gasteiger partial charge in [-0.15, -0.1) is 83.8 Å². The zero-order valence-corrected chi connectivity index (χ0v) is 19.9. The molecule has 0 aromatic heterocycles. The van der Waals surface area contributed by atoms with E-state index in [1.54, 1.807) is 0 Å². The first-order valence-electron chi connectivity index (χ1n) is 8.66. The van der Waals surface area contributed by atoms with Crippen LogP contribution in [-0.4, -0.2) is 6.88 Å². The molecule has 0 atom stereocenters. The standard InChI is InChI=1S/2C9H7.C7H7.ClH.Si.Zr/c2*1-2-5-9-7-3-6-8(9)4-1;1-7-5-3-2-4-6-7;;;/h2*1-7H;2-6H,1H2;1H;;/q3*-1;;;. The third-order valence-corrected chi connectivity index (χ3v) is 3.94. The first kappa shape index (κ1) is 24.2. The van der Waals surface area contributed by atoms with Crippen LogP contribution in [0, 0.1) is 6.92 Å². The SMILES string of the molecule is Cl.[CH2-]c1ccccc1.[Si]=[Zr].c1ccc2[cH-]ccc2c1.c1ccc2[cH-]ccc2c1. The summed E-state index contributed by atoms with van der Waals surface area (Å²) >= 11 is 1.36. The minimum Gasteiger partial charge on any atom is -0.168 e. The first-order chi connectivity index (χ1) is 13.3. The average Bonchev–Trinajstić information content (AvgIpc) is 3.40. The minimum atomic E-state index is 0. The molecule has 0 aliphatic rings. The molecule has 0 amide bonds. The maximum Gasteiger partial charge on any atom is -0.0809 e. The molecule has 3 heteroatoms. The van der Waals surface area contributed by atoms with Crippen LogP contribution < -0.4 is 0 Å². The molecule has 0 heterocycles. The molecule has 0 saturated carbocycles. The van der Waals surface area contributed by atoms with Crippen LogP contribution in [-0.2, 0) is 23.3 Å². The van der Waals surface area contributed by atoms with Gasteiger partial charge in [-0.1, -0.05) is 18.2 Å². The average molecular weight is 477 g/mol. The van der Waals surface area contributed by atoms with E-state index in [2.05, 4.69) is 98.7 Å². The largest absolute Gasteiger partial charge is 0.168 e. The Labute approximate surface area is 190 Å². The van der Waals surface area contributed by atoms with E-state index in [0.717, 1.165) is 5.56 Å². The topological polar surface area (TPSA) is 0 Å². The smallest absolute Gasteiger partial charge is 0.0809 e. The Morgan fingerprint density at radius 2 is 0.964 bits per heavy atom. The molecule has 0 spiro atoms. The van der Waals surface area contributed by atoms with Crippen LogP contribution in [0.5, 0.6) is 0 Å². The van der Waals surface area contributed by atoms with E-state index in [4.69, 9.17) is 0 Å². The van der Waals surface area contributed by atoms with Crippen molar-refractivity contribution in [1.82, 2.24) is 0 Å². The second-order valence-electron chi connectivity index (χ2n) is 5.79. The minimum absolute atomic E-state index is 0. The van der Waals surface area contributed by atoms with Crippen molar-refractivity contribution in [3.8, 4) is 0 Å². The predicted molar refractivity (Wildman–Crippen MR) is 123 cm³/mol. The Hall–Kier alpha value is -1.86. The van der Waals surface area contributed by atoms with Crippen molar-refractivity contribution < 1.29 is 23.3 Å². The van der Waals surface area contributed by atoms with E-state index < -0.39 is 0 Å². The van der Waals surface area contributed by atoms with Crippen molar-refractivity contribution in [3.63, 3.8) is 0 Å². The molecule has 5 aromatic carbocycles. The molecule has 0 aliphatic carbocycles. The van der Waals surface area contributed by atoms with Crippen molar-refractivity contribution >= 4 is 40.8 Å². The molecule has 28 heavy (non-hydrogen) atoms. The second kappa shape index (κ2) is 14.2.